The van der Waals surface area contributed by atoms with Gasteiger partial charge in [0, 0.05) is 44.5 Å². The monoisotopic (exact) mass is 341 g/mol. The number of thiophene rings is 1. The summed E-state index contributed by atoms with van der Waals surface area (Å²) in [4.78, 5) is 16.8. The van der Waals surface area contributed by atoms with E-state index in [0.717, 1.165) is 44.0 Å². The summed E-state index contributed by atoms with van der Waals surface area (Å²) in [5.41, 5.74) is 3.17. The summed E-state index contributed by atoms with van der Waals surface area (Å²) < 4.78 is 0. The van der Waals surface area contributed by atoms with E-state index >= 15 is 0 Å². The van der Waals surface area contributed by atoms with Gasteiger partial charge in [0.2, 0.25) is 5.91 Å². The molecular weight excluding hydrogens is 318 g/mol. The smallest absolute Gasteiger partial charge is 0.248 e. The summed E-state index contributed by atoms with van der Waals surface area (Å²) in [6.45, 7) is 5.46. The third kappa shape index (κ3) is 5.03. The maximum Gasteiger partial charge on any atom is 0.248 e. The molecule has 1 N–H and O–H groups in total. The number of nitrogens with zero attached hydrogens (tertiary/aromatic N) is 2. The van der Waals surface area contributed by atoms with Crippen LogP contribution in [0.5, 0.6) is 0 Å². The van der Waals surface area contributed by atoms with Crippen molar-refractivity contribution in [1.29, 1.82) is 0 Å². The summed E-state index contributed by atoms with van der Waals surface area (Å²) >= 11 is 1.62. The number of likely N-dealkylation sites (N-methyl/N-ethyl adjacent to an activating group) is 1. The molecule has 0 spiro atoms. The molecular formula is C19H23N3OS. The minimum Gasteiger partial charge on any atom is -0.323 e. The van der Waals surface area contributed by atoms with Gasteiger partial charge >= 0.3 is 0 Å². The highest BCUT2D eigenvalue weighted by Crippen LogP contribution is 2.13. The second-order valence-electron chi connectivity index (χ2n) is 6.16. The molecule has 1 aliphatic heterocycles. The van der Waals surface area contributed by atoms with Crippen LogP contribution in [0, 0.1) is 0 Å². The fraction of sp³-hybridized carbons (Fsp3) is 0.316. The van der Waals surface area contributed by atoms with Crippen LogP contribution in [0.2, 0.25) is 0 Å². The van der Waals surface area contributed by atoms with Crippen molar-refractivity contribution >= 4 is 29.0 Å². The Bertz CT molecular complexity index is 671. The van der Waals surface area contributed by atoms with Gasteiger partial charge in [-0.25, -0.2) is 0 Å². The topological polar surface area (TPSA) is 35.6 Å². The summed E-state index contributed by atoms with van der Waals surface area (Å²) in [5.74, 6) is -0.104. The number of rotatable bonds is 5. The van der Waals surface area contributed by atoms with Gasteiger partial charge in [-0.1, -0.05) is 12.1 Å². The van der Waals surface area contributed by atoms with Crippen LogP contribution < -0.4 is 5.32 Å². The van der Waals surface area contributed by atoms with Gasteiger partial charge in [0.15, 0.2) is 0 Å². The molecule has 2 heterocycles. The molecule has 0 bridgehead atoms. The second kappa shape index (κ2) is 8.24. The standard InChI is InChI=1S/C19H23N3OS/c1-21-9-11-22(12-10-21)14-16-2-5-18(6-3-16)20-19(23)7-4-17-8-13-24-15-17/h2-8,13,15H,9-12,14H2,1H3,(H,20,23). The number of nitrogens with one attached hydrogen (secondary N) is 1. The van der Waals surface area contributed by atoms with E-state index in [9.17, 15) is 4.79 Å². The van der Waals surface area contributed by atoms with Crippen molar-refractivity contribution in [2.45, 2.75) is 6.54 Å². The van der Waals surface area contributed by atoms with Gasteiger partial charge in [-0.15, -0.1) is 0 Å². The highest BCUT2D eigenvalue weighted by atomic mass is 32.1. The Kier molecular flexibility index (Phi) is 5.80. The summed E-state index contributed by atoms with van der Waals surface area (Å²) in [6.07, 6.45) is 3.40. The quantitative estimate of drug-likeness (QED) is 0.849. The van der Waals surface area contributed by atoms with E-state index in [1.807, 2.05) is 35.0 Å². The molecule has 0 aliphatic carbocycles. The van der Waals surface area contributed by atoms with E-state index in [1.54, 1.807) is 17.4 Å². The molecule has 5 heteroatoms. The van der Waals surface area contributed by atoms with Gasteiger partial charge in [-0.3, -0.25) is 9.69 Å². The Labute approximate surface area is 147 Å². The summed E-state index contributed by atoms with van der Waals surface area (Å²) in [7, 11) is 2.17. The maximum atomic E-state index is 11.9. The zero-order valence-corrected chi connectivity index (χ0v) is 14.8. The van der Waals surface area contributed by atoms with Crippen molar-refractivity contribution < 1.29 is 4.79 Å². The van der Waals surface area contributed by atoms with E-state index in [4.69, 9.17) is 0 Å². The van der Waals surface area contributed by atoms with Crippen molar-refractivity contribution in [1.82, 2.24) is 9.80 Å². The Balaban J connectivity index is 1.50. The lowest BCUT2D eigenvalue weighted by atomic mass is 10.1. The molecule has 1 fully saturated rings. The SMILES string of the molecule is CN1CCN(Cc2ccc(NC(=O)C=Cc3ccsc3)cc2)CC1. The van der Waals surface area contributed by atoms with Gasteiger partial charge in [0.05, 0.1) is 0 Å². The van der Waals surface area contributed by atoms with Crippen LogP contribution in [0.3, 0.4) is 0 Å². The minimum absolute atomic E-state index is 0.104. The largest absolute Gasteiger partial charge is 0.323 e. The molecule has 1 saturated heterocycles. The molecule has 126 valence electrons. The van der Waals surface area contributed by atoms with Crippen LogP contribution in [0.4, 0.5) is 5.69 Å². The number of anilines is 1. The molecule has 1 aliphatic rings. The molecule has 24 heavy (non-hydrogen) atoms. The van der Waals surface area contributed by atoms with Gasteiger partial charge < -0.3 is 10.2 Å². The third-order valence-corrected chi connectivity index (χ3v) is 4.90. The van der Waals surface area contributed by atoms with Gasteiger partial charge in [-0.2, -0.15) is 11.3 Å². The van der Waals surface area contributed by atoms with Crippen LogP contribution in [-0.4, -0.2) is 48.9 Å². The molecule has 0 atom stereocenters. The van der Waals surface area contributed by atoms with E-state index in [2.05, 4.69) is 34.3 Å². The number of hydrogen-bond donors (Lipinski definition) is 1. The Morgan fingerprint density at radius 3 is 2.58 bits per heavy atom. The highest BCUT2D eigenvalue weighted by molar-refractivity contribution is 7.08. The first kappa shape index (κ1) is 16.9. The van der Waals surface area contributed by atoms with Crippen LogP contribution in [0.15, 0.2) is 47.2 Å². The first-order chi connectivity index (χ1) is 11.7. The average Bonchev–Trinajstić information content (AvgIpc) is 3.10. The Morgan fingerprint density at radius 2 is 1.92 bits per heavy atom. The van der Waals surface area contributed by atoms with E-state index in [-0.39, 0.29) is 5.91 Å². The lowest BCUT2D eigenvalue weighted by molar-refractivity contribution is -0.111. The van der Waals surface area contributed by atoms with Gasteiger partial charge in [-0.05, 0) is 53.2 Å². The molecule has 1 amide bonds. The Hall–Kier alpha value is -1.95. The number of hydrogen-bond acceptors (Lipinski definition) is 4. The van der Waals surface area contributed by atoms with Crippen molar-refractivity contribution in [2.75, 3.05) is 38.5 Å². The van der Waals surface area contributed by atoms with E-state index in [0.29, 0.717) is 0 Å². The lowest BCUT2D eigenvalue weighted by Gasteiger charge is -2.32. The fourth-order valence-corrected chi connectivity index (χ4v) is 3.31. The molecule has 1 aromatic carbocycles. The van der Waals surface area contributed by atoms with Crippen LogP contribution in [0.1, 0.15) is 11.1 Å². The number of carbonyl (C=O) groups excluding carboxylic acids is 1. The molecule has 1 aromatic heterocycles. The molecule has 0 radical (unpaired) electrons. The van der Waals surface area contributed by atoms with Crippen molar-refractivity contribution in [2.24, 2.45) is 0 Å². The first-order valence-corrected chi connectivity index (χ1v) is 9.14. The Morgan fingerprint density at radius 1 is 1.17 bits per heavy atom. The van der Waals surface area contributed by atoms with Gasteiger partial charge in [0.1, 0.15) is 0 Å². The van der Waals surface area contributed by atoms with Crippen molar-refractivity contribution in [3.05, 3.63) is 58.3 Å². The second-order valence-corrected chi connectivity index (χ2v) is 6.94. The van der Waals surface area contributed by atoms with Crippen molar-refractivity contribution in [3.8, 4) is 0 Å². The fourth-order valence-electron chi connectivity index (χ4n) is 2.68. The highest BCUT2D eigenvalue weighted by Gasteiger charge is 2.13. The number of benzene rings is 1. The van der Waals surface area contributed by atoms with Crippen LogP contribution >= 0.6 is 11.3 Å². The first-order valence-electron chi connectivity index (χ1n) is 8.20. The molecule has 0 saturated carbocycles. The number of amides is 1. The normalized spacial score (nSPS) is 16.5. The van der Waals surface area contributed by atoms with Crippen LogP contribution in [0.25, 0.3) is 6.08 Å². The predicted molar refractivity (Wildman–Crippen MR) is 101 cm³/mol. The minimum atomic E-state index is -0.104. The number of piperazine rings is 1. The van der Waals surface area contributed by atoms with Gasteiger partial charge in [0.25, 0.3) is 0 Å². The lowest BCUT2D eigenvalue weighted by Crippen LogP contribution is -2.43. The molecule has 4 nitrogen and oxygen atoms in total. The molecule has 0 unspecified atom stereocenters. The van der Waals surface area contributed by atoms with E-state index in [1.165, 1.54) is 5.56 Å². The molecule has 3 rings (SSSR count). The van der Waals surface area contributed by atoms with Crippen LogP contribution in [-0.2, 0) is 11.3 Å². The van der Waals surface area contributed by atoms with Crippen molar-refractivity contribution in [3.63, 3.8) is 0 Å². The zero-order chi connectivity index (χ0) is 16.8. The average molecular weight is 341 g/mol. The number of carbonyl (C=O) groups is 1. The third-order valence-electron chi connectivity index (χ3n) is 4.19. The molecule has 2 aromatic rings. The zero-order valence-electron chi connectivity index (χ0n) is 13.9. The summed E-state index contributed by atoms with van der Waals surface area (Å²) in [6, 6.07) is 10.1. The maximum absolute atomic E-state index is 11.9. The van der Waals surface area contributed by atoms with E-state index < -0.39 is 0 Å². The summed E-state index contributed by atoms with van der Waals surface area (Å²) in [5, 5.41) is 6.91. The predicted octanol–water partition coefficient (Wildman–Crippen LogP) is 3.15.